The van der Waals surface area contributed by atoms with Gasteiger partial charge in [0, 0.05) is 4.47 Å². The summed E-state index contributed by atoms with van der Waals surface area (Å²) in [6, 6.07) is 6.35. The highest BCUT2D eigenvalue weighted by molar-refractivity contribution is 9.10. The van der Waals surface area contributed by atoms with Gasteiger partial charge in [-0.2, -0.15) is 0 Å². The number of nitrogens with one attached hydrogen (secondary N) is 1. The normalized spacial score (nSPS) is 22.6. The van der Waals surface area contributed by atoms with E-state index in [1.165, 1.54) is 5.56 Å². The highest BCUT2D eigenvalue weighted by atomic mass is 79.9. The van der Waals surface area contributed by atoms with Crippen molar-refractivity contribution in [1.82, 2.24) is 5.32 Å². The van der Waals surface area contributed by atoms with Crippen molar-refractivity contribution < 1.29 is 4.74 Å². The van der Waals surface area contributed by atoms with E-state index in [9.17, 15) is 0 Å². The van der Waals surface area contributed by atoms with Crippen molar-refractivity contribution in [3.05, 3.63) is 28.2 Å². The van der Waals surface area contributed by atoms with Crippen LogP contribution in [0.15, 0.2) is 22.7 Å². The number of piperidine rings is 1. The summed E-state index contributed by atoms with van der Waals surface area (Å²) in [5.74, 6) is 1.09. The molecule has 0 radical (unpaired) electrons. The van der Waals surface area contributed by atoms with Crippen molar-refractivity contribution in [3.8, 4) is 5.75 Å². The van der Waals surface area contributed by atoms with Crippen LogP contribution in [0.1, 0.15) is 24.8 Å². The van der Waals surface area contributed by atoms with Crippen LogP contribution < -0.4 is 10.1 Å². The Morgan fingerprint density at radius 3 is 2.81 bits per heavy atom. The molecule has 0 aromatic heterocycles. The van der Waals surface area contributed by atoms with Crippen molar-refractivity contribution in [2.75, 3.05) is 13.1 Å². The fraction of sp³-hybridized carbons (Fsp3) is 0.538. The van der Waals surface area contributed by atoms with Crippen LogP contribution in [-0.4, -0.2) is 18.7 Å². The van der Waals surface area contributed by atoms with Crippen LogP contribution in [-0.2, 0) is 6.42 Å². The molecule has 0 bridgehead atoms. The minimum Gasteiger partial charge on any atom is -0.487 e. The Kier molecular flexibility index (Phi) is 2.68. The van der Waals surface area contributed by atoms with E-state index in [0.29, 0.717) is 0 Å². The maximum absolute atomic E-state index is 6.25. The van der Waals surface area contributed by atoms with E-state index >= 15 is 0 Å². The predicted octanol–water partition coefficient (Wildman–Crippen LogP) is 2.90. The Balaban J connectivity index is 1.88. The molecule has 1 aromatic rings. The van der Waals surface area contributed by atoms with Crippen molar-refractivity contribution in [2.45, 2.75) is 31.3 Å². The molecule has 0 atom stereocenters. The van der Waals surface area contributed by atoms with E-state index in [1.54, 1.807) is 0 Å². The van der Waals surface area contributed by atoms with E-state index in [4.69, 9.17) is 4.74 Å². The molecule has 3 heteroatoms. The zero-order valence-corrected chi connectivity index (χ0v) is 10.8. The fourth-order valence-corrected chi connectivity index (χ4v) is 3.13. The summed E-state index contributed by atoms with van der Waals surface area (Å²) in [6.07, 6.45) is 4.60. The lowest BCUT2D eigenvalue weighted by Gasteiger charge is -2.41. The Bertz CT molecular complexity index is 399. The van der Waals surface area contributed by atoms with Crippen LogP contribution in [0.4, 0.5) is 0 Å². The van der Waals surface area contributed by atoms with Gasteiger partial charge in [-0.25, -0.2) is 0 Å². The number of aryl methyl sites for hydroxylation is 1. The lowest BCUT2D eigenvalue weighted by molar-refractivity contribution is 0.0170. The fourth-order valence-electron chi connectivity index (χ4n) is 2.72. The van der Waals surface area contributed by atoms with E-state index in [2.05, 4.69) is 39.4 Å². The number of benzene rings is 1. The maximum atomic E-state index is 6.25. The topological polar surface area (TPSA) is 21.3 Å². The average molecular weight is 282 g/mol. The molecule has 1 fully saturated rings. The van der Waals surface area contributed by atoms with Crippen molar-refractivity contribution in [2.24, 2.45) is 0 Å². The van der Waals surface area contributed by atoms with Crippen molar-refractivity contribution in [3.63, 3.8) is 0 Å². The predicted molar refractivity (Wildman–Crippen MR) is 67.9 cm³/mol. The van der Waals surface area contributed by atoms with Gasteiger partial charge in [0.05, 0.1) is 0 Å². The first-order valence-electron chi connectivity index (χ1n) is 5.96. The van der Waals surface area contributed by atoms with Crippen LogP contribution >= 0.6 is 15.9 Å². The third-order valence-electron chi connectivity index (χ3n) is 3.71. The molecule has 16 heavy (non-hydrogen) atoms. The zero-order valence-electron chi connectivity index (χ0n) is 9.26. The highest BCUT2D eigenvalue weighted by Crippen LogP contribution is 2.38. The molecule has 1 aromatic carbocycles. The molecular weight excluding hydrogens is 266 g/mol. The number of hydrogen-bond donors (Lipinski definition) is 1. The Labute approximate surface area is 105 Å². The molecule has 1 saturated heterocycles. The maximum Gasteiger partial charge on any atom is 0.123 e. The number of halogens is 1. The van der Waals surface area contributed by atoms with Gasteiger partial charge in [0.1, 0.15) is 11.4 Å². The van der Waals surface area contributed by atoms with E-state index in [0.717, 1.165) is 49.0 Å². The molecule has 0 saturated carbocycles. The van der Waals surface area contributed by atoms with Crippen LogP contribution in [0.5, 0.6) is 5.75 Å². The third kappa shape index (κ3) is 1.87. The molecule has 2 aliphatic heterocycles. The molecule has 0 amide bonds. The molecule has 0 aliphatic carbocycles. The van der Waals surface area contributed by atoms with E-state index < -0.39 is 0 Å². The molecule has 86 valence electrons. The summed E-state index contributed by atoms with van der Waals surface area (Å²) in [7, 11) is 0. The smallest absolute Gasteiger partial charge is 0.123 e. The summed E-state index contributed by atoms with van der Waals surface area (Å²) in [5, 5.41) is 3.40. The molecule has 1 spiro atoms. The minimum atomic E-state index is 0.117. The summed E-state index contributed by atoms with van der Waals surface area (Å²) in [6.45, 7) is 2.18. The monoisotopic (exact) mass is 281 g/mol. The lowest BCUT2D eigenvalue weighted by atomic mass is 9.84. The van der Waals surface area contributed by atoms with Gasteiger partial charge < -0.3 is 10.1 Å². The first kappa shape index (κ1) is 10.6. The van der Waals surface area contributed by atoms with Gasteiger partial charge in [-0.15, -0.1) is 0 Å². The molecule has 2 nitrogen and oxygen atoms in total. The lowest BCUT2D eigenvalue weighted by Crippen LogP contribution is -2.48. The summed E-state index contributed by atoms with van der Waals surface area (Å²) < 4.78 is 7.40. The van der Waals surface area contributed by atoms with Crippen LogP contribution in [0.3, 0.4) is 0 Å². The molecule has 1 N–H and O–H groups in total. The molecule has 2 heterocycles. The molecule has 3 rings (SSSR count). The Hall–Kier alpha value is -0.540. The third-order valence-corrected chi connectivity index (χ3v) is 4.21. The number of rotatable bonds is 0. The second-order valence-corrected chi connectivity index (χ2v) is 5.70. The highest BCUT2D eigenvalue weighted by Gasteiger charge is 2.37. The van der Waals surface area contributed by atoms with E-state index in [-0.39, 0.29) is 5.60 Å². The molecular formula is C13H16BrNO. The van der Waals surface area contributed by atoms with Crippen molar-refractivity contribution in [1.29, 1.82) is 0 Å². The first-order chi connectivity index (χ1) is 7.77. The van der Waals surface area contributed by atoms with Crippen LogP contribution in [0.2, 0.25) is 0 Å². The van der Waals surface area contributed by atoms with Crippen LogP contribution in [0, 0.1) is 0 Å². The van der Waals surface area contributed by atoms with Gasteiger partial charge in [0.15, 0.2) is 0 Å². The van der Waals surface area contributed by atoms with Gasteiger partial charge in [0.25, 0.3) is 0 Å². The van der Waals surface area contributed by atoms with Crippen LogP contribution in [0.25, 0.3) is 0 Å². The van der Waals surface area contributed by atoms with Gasteiger partial charge in [-0.1, -0.05) is 15.9 Å². The number of hydrogen-bond acceptors (Lipinski definition) is 2. The SMILES string of the molecule is Brc1ccc2c(c1)CCC1(CCNCC1)O2. The summed E-state index contributed by atoms with van der Waals surface area (Å²) >= 11 is 3.51. The Morgan fingerprint density at radius 2 is 2.00 bits per heavy atom. The molecule has 2 aliphatic rings. The quantitative estimate of drug-likeness (QED) is 0.790. The summed E-state index contributed by atoms with van der Waals surface area (Å²) in [5.41, 5.74) is 1.46. The van der Waals surface area contributed by atoms with Gasteiger partial charge in [0.2, 0.25) is 0 Å². The second-order valence-electron chi connectivity index (χ2n) is 4.79. The molecule has 0 unspecified atom stereocenters. The number of fused-ring (bicyclic) bond motifs is 1. The second kappa shape index (κ2) is 4.04. The summed E-state index contributed by atoms with van der Waals surface area (Å²) in [4.78, 5) is 0. The standard InChI is InChI=1S/C13H16BrNO/c14-11-1-2-12-10(9-11)3-4-13(16-12)5-7-15-8-6-13/h1-2,9,15H,3-8H2. The van der Waals surface area contributed by atoms with Crippen molar-refractivity contribution >= 4 is 15.9 Å². The number of ether oxygens (including phenoxy) is 1. The zero-order chi connectivity index (χ0) is 11.0. The largest absolute Gasteiger partial charge is 0.487 e. The van der Waals surface area contributed by atoms with Gasteiger partial charge in [-0.05, 0) is 62.5 Å². The van der Waals surface area contributed by atoms with E-state index in [1.807, 2.05) is 0 Å². The average Bonchev–Trinajstić information content (AvgIpc) is 2.31. The van der Waals surface area contributed by atoms with Gasteiger partial charge >= 0.3 is 0 Å². The van der Waals surface area contributed by atoms with Gasteiger partial charge in [-0.3, -0.25) is 0 Å². The Morgan fingerprint density at radius 1 is 1.19 bits per heavy atom. The minimum absolute atomic E-state index is 0.117. The first-order valence-corrected chi connectivity index (χ1v) is 6.75.